The van der Waals surface area contributed by atoms with Crippen LogP contribution in [0.4, 0.5) is 0 Å². The maximum Gasteiger partial charge on any atom is 0.119 e. The molecule has 0 atom stereocenters. The lowest BCUT2D eigenvalue weighted by Gasteiger charge is -2.41. The zero-order valence-electron chi connectivity index (χ0n) is 9.95. The highest BCUT2D eigenvalue weighted by Crippen LogP contribution is 2.23. The van der Waals surface area contributed by atoms with Crippen LogP contribution in [0, 0.1) is 0 Å². The average Bonchev–Trinajstić information content (AvgIpc) is 2.26. The first kappa shape index (κ1) is 11.4. The minimum atomic E-state index is 0.00707. The van der Waals surface area contributed by atoms with Gasteiger partial charge in [0.25, 0.3) is 0 Å². The number of hydrogen-bond donors (Lipinski definition) is 1. The predicted octanol–water partition coefficient (Wildman–Crippen LogP) is 1.62. The lowest BCUT2D eigenvalue weighted by molar-refractivity contribution is -0.0502. The summed E-state index contributed by atoms with van der Waals surface area (Å²) in [7, 11) is 1.79. The van der Waals surface area contributed by atoms with Crippen molar-refractivity contribution in [3.8, 4) is 5.75 Å². The fraction of sp³-hybridized carbons (Fsp3) is 0.538. The van der Waals surface area contributed by atoms with Crippen molar-refractivity contribution in [1.29, 1.82) is 0 Å². The Morgan fingerprint density at radius 2 is 1.94 bits per heavy atom. The second-order valence-electron chi connectivity index (χ2n) is 4.24. The van der Waals surface area contributed by atoms with Crippen molar-refractivity contribution in [3.63, 3.8) is 0 Å². The molecular weight excluding hydrogens is 202 g/mol. The maximum absolute atomic E-state index is 5.56. The van der Waals surface area contributed by atoms with Gasteiger partial charge >= 0.3 is 0 Å². The minimum Gasteiger partial charge on any atom is -0.494 e. The number of ether oxygens (including phenoxy) is 2. The molecule has 2 rings (SSSR count). The van der Waals surface area contributed by atoms with E-state index in [0.29, 0.717) is 6.61 Å². The molecule has 0 spiro atoms. The Morgan fingerprint density at radius 1 is 1.25 bits per heavy atom. The molecule has 1 aromatic rings. The molecule has 1 fully saturated rings. The van der Waals surface area contributed by atoms with Crippen molar-refractivity contribution in [2.24, 2.45) is 0 Å². The van der Waals surface area contributed by atoms with Crippen LogP contribution in [0.2, 0.25) is 0 Å². The Labute approximate surface area is 96.8 Å². The molecule has 3 nitrogen and oxygen atoms in total. The molecule has 0 aromatic heterocycles. The van der Waals surface area contributed by atoms with Crippen LogP contribution in [0.1, 0.15) is 12.5 Å². The first-order chi connectivity index (χ1) is 7.78. The van der Waals surface area contributed by atoms with Crippen LogP contribution in [-0.4, -0.2) is 32.4 Å². The zero-order chi connectivity index (χ0) is 11.4. The van der Waals surface area contributed by atoms with Crippen LogP contribution < -0.4 is 10.1 Å². The van der Waals surface area contributed by atoms with E-state index in [2.05, 4.69) is 17.4 Å². The van der Waals surface area contributed by atoms with E-state index in [1.165, 1.54) is 5.56 Å². The predicted molar refractivity (Wildman–Crippen MR) is 63.9 cm³/mol. The van der Waals surface area contributed by atoms with E-state index in [-0.39, 0.29) is 5.60 Å². The lowest BCUT2D eigenvalue weighted by Crippen LogP contribution is -2.61. The topological polar surface area (TPSA) is 30.5 Å². The van der Waals surface area contributed by atoms with Gasteiger partial charge in [-0.05, 0) is 24.6 Å². The molecule has 88 valence electrons. The molecule has 1 aromatic carbocycles. The normalized spacial score (nSPS) is 17.9. The molecule has 0 aliphatic carbocycles. The summed E-state index contributed by atoms with van der Waals surface area (Å²) in [6.07, 6.45) is 0.961. The molecule has 1 heterocycles. The van der Waals surface area contributed by atoms with Crippen LogP contribution in [0.15, 0.2) is 24.3 Å². The third kappa shape index (κ3) is 2.36. The second-order valence-corrected chi connectivity index (χ2v) is 4.24. The van der Waals surface area contributed by atoms with Gasteiger partial charge in [-0.1, -0.05) is 12.1 Å². The fourth-order valence-corrected chi connectivity index (χ4v) is 1.99. The van der Waals surface area contributed by atoms with Gasteiger partial charge in [-0.25, -0.2) is 0 Å². The standard InChI is InChI=1S/C13H19NO2/c1-3-16-12-6-4-11(5-7-12)8-13(15-2)9-14-10-13/h4-7,14H,3,8-10H2,1-2H3. The van der Waals surface area contributed by atoms with Crippen LogP contribution >= 0.6 is 0 Å². The second kappa shape index (κ2) is 4.85. The minimum absolute atomic E-state index is 0.00707. The molecule has 0 saturated carbocycles. The number of hydrogen-bond acceptors (Lipinski definition) is 3. The van der Waals surface area contributed by atoms with Gasteiger partial charge in [0, 0.05) is 26.6 Å². The largest absolute Gasteiger partial charge is 0.494 e. The fourth-order valence-electron chi connectivity index (χ4n) is 1.99. The zero-order valence-corrected chi connectivity index (χ0v) is 9.95. The molecule has 3 heteroatoms. The van der Waals surface area contributed by atoms with E-state index in [9.17, 15) is 0 Å². The van der Waals surface area contributed by atoms with E-state index in [0.717, 1.165) is 25.3 Å². The summed E-state index contributed by atoms with van der Waals surface area (Å²) >= 11 is 0. The van der Waals surface area contributed by atoms with E-state index in [1.54, 1.807) is 7.11 Å². The van der Waals surface area contributed by atoms with Crippen LogP contribution in [0.25, 0.3) is 0 Å². The first-order valence-corrected chi connectivity index (χ1v) is 5.75. The van der Waals surface area contributed by atoms with Gasteiger partial charge < -0.3 is 14.8 Å². The van der Waals surface area contributed by atoms with Gasteiger partial charge in [0.1, 0.15) is 5.75 Å². The van der Waals surface area contributed by atoms with Gasteiger partial charge in [0.2, 0.25) is 0 Å². The van der Waals surface area contributed by atoms with Gasteiger partial charge in [-0.15, -0.1) is 0 Å². The summed E-state index contributed by atoms with van der Waals surface area (Å²) in [5, 5.41) is 3.26. The van der Waals surface area contributed by atoms with Crippen LogP contribution in [-0.2, 0) is 11.2 Å². The van der Waals surface area contributed by atoms with Crippen molar-refractivity contribution in [2.45, 2.75) is 18.9 Å². The first-order valence-electron chi connectivity index (χ1n) is 5.75. The van der Waals surface area contributed by atoms with E-state index >= 15 is 0 Å². The summed E-state index contributed by atoms with van der Waals surface area (Å²) in [6, 6.07) is 8.27. The summed E-state index contributed by atoms with van der Waals surface area (Å²) in [4.78, 5) is 0. The molecular formula is C13H19NO2. The van der Waals surface area contributed by atoms with Gasteiger partial charge in [0.05, 0.1) is 12.2 Å². The summed E-state index contributed by atoms with van der Waals surface area (Å²) in [6.45, 7) is 4.59. The monoisotopic (exact) mass is 221 g/mol. The van der Waals surface area contributed by atoms with Crippen molar-refractivity contribution < 1.29 is 9.47 Å². The van der Waals surface area contributed by atoms with Crippen molar-refractivity contribution in [3.05, 3.63) is 29.8 Å². The van der Waals surface area contributed by atoms with E-state index in [1.807, 2.05) is 19.1 Å². The molecule has 1 aliphatic rings. The van der Waals surface area contributed by atoms with Gasteiger partial charge in [-0.2, -0.15) is 0 Å². The highest BCUT2D eigenvalue weighted by molar-refractivity contribution is 5.28. The number of rotatable bonds is 5. The number of benzene rings is 1. The molecule has 1 N–H and O–H groups in total. The average molecular weight is 221 g/mol. The Hall–Kier alpha value is -1.06. The summed E-state index contributed by atoms with van der Waals surface area (Å²) < 4.78 is 11.0. The van der Waals surface area contributed by atoms with E-state index < -0.39 is 0 Å². The lowest BCUT2D eigenvalue weighted by atomic mass is 9.89. The van der Waals surface area contributed by atoms with Crippen molar-refractivity contribution in [1.82, 2.24) is 5.32 Å². The highest BCUT2D eigenvalue weighted by atomic mass is 16.5. The van der Waals surface area contributed by atoms with E-state index in [4.69, 9.17) is 9.47 Å². The Morgan fingerprint density at radius 3 is 2.38 bits per heavy atom. The molecule has 0 amide bonds. The van der Waals surface area contributed by atoms with Gasteiger partial charge in [-0.3, -0.25) is 0 Å². The van der Waals surface area contributed by atoms with Gasteiger partial charge in [0.15, 0.2) is 0 Å². The Balaban J connectivity index is 1.99. The summed E-state index contributed by atoms with van der Waals surface area (Å²) in [5.41, 5.74) is 1.31. The highest BCUT2D eigenvalue weighted by Gasteiger charge is 2.36. The Kier molecular flexibility index (Phi) is 3.46. The molecule has 1 saturated heterocycles. The van der Waals surface area contributed by atoms with Crippen molar-refractivity contribution >= 4 is 0 Å². The quantitative estimate of drug-likeness (QED) is 0.819. The van der Waals surface area contributed by atoms with Crippen molar-refractivity contribution in [2.75, 3.05) is 26.8 Å². The third-order valence-electron chi connectivity index (χ3n) is 3.09. The summed E-state index contributed by atoms with van der Waals surface area (Å²) in [5.74, 6) is 0.935. The number of methoxy groups -OCH3 is 1. The number of nitrogens with one attached hydrogen (secondary N) is 1. The SMILES string of the molecule is CCOc1ccc(CC2(OC)CNC2)cc1. The molecule has 0 radical (unpaired) electrons. The molecule has 0 bridgehead atoms. The van der Waals surface area contributed by atoms with Crippen LogP contribution in [0.5, 0.6) is 5.75 Å². The maximum atomic E-state index is 5.56. The molecule has 0 unspecified atom stereocenters. The van der Waals surface area contributed by atoms with Crippen LogP contribution in [0.3, 0.4) is 0 Å². The molecule has 16 heavy (non-hydrogen) atoms. The molecule has 1 aliphatic heterocycles. The Bertz CT molecular complexity index is 325. The smallest absolute Gasteiger partial charge is 0.119 e. The third-order valence-corrected chi connectivity index (χ3v) is 3.09.